The van der Waals surface area contributed by atoms with Gasteiger partial charge < -0.3 is 25.7 Å². The zero-order valence-electron chi connectivity index (χ0n) is 41.0. The number of furan rings is 1. The molecule has 2 aliphatic rings. The highest BCUT2D eigenvalue weighted by molar-refractivity contribution is 6.08. The maximum absolute atomic E-state index is 6.45. The van der Waals surface area contributed by atoms with Gasteiger partial charge in [0.2, 0.25) is 0 Å². The number of hydrogen-bond acceptors (Lipinski definition) is 5. The van der Waals surface area contributed by atoms with E-state index in [-0.39, 0.29) is 0 Å². The number of para-hydroxylation sites is 4. The molecule has 2 heterocycles. The smallest absolute Gasteiger partial charge is 0.142 e. The number of benzene rings is 6. The highest BCUT2D eigenvalue weighted by atomic mass is 16.3. The number of rotatable bonds is 6. The maximum Gasteiger partial charge on any atom is 0.142 e. The Morgan fingerprint density at radius 2 is 1.15 bits per heavy atom. The van der Waals surface area contributed by atoms with Gasteiger partial charge >= 0.3 is 0 Å². The third kappa shape index (κ3) is 15.3. The average molecular weight is 869 g/mol. The Morgan fingerprint density at radius 1 is 0.600 bits per heavy atom. The first kappa shape index (κ1) is 52.8. The number of hydrogen-bond donors (Lipinski definition) is 3. The lowest BCUT2D eigenvalue weighted by Crippen LogP contribution is -2.20. The summed E-state index contributed by atoms with van der Waals surface area (Å²) in [6.45, 7) is 20.9. The van der Waals surface area contributed by atoms with Gasteiger partial charge in [-0.25, -0.2) is 0 Å². The average Bonchev–Trinajstić information content (AvgIpc) is 3.76. The lowest BCUT2D eigenvalue weighted by Gasteiger charge is -2.31. The van der Waals surface area contributed by atoms with Gasteiger partial charge in [0, 0.05) is 50.9 Å². The number of nitrogens with one attached hydrogen (secondary N) is 2. The van der Waals surface area contributed by atoms with Crippen molar-refractivity contribution in [3.63, 3.8) is 0 Å². The Bertz CT molecular complexity index is 2470. The molecule has 342 valence electrons. The van der Waals surface area contributed by atoms with E-state index < -0.39 is 0 Å². The molecule has 1 aliphatic heterocycles. The van der Waals surface area contributed by atoms with Crippen LogP contribution in [-0.2, 0) is 0 Å². The maximum atomic E-state index is 6.45. The molecule has 0 saturated heterocycles. The first-order chi connectivity index (χ1) is 31.9. The van der Waals surface area contributed by atoms with E-state index >= 15 is 0 Å². The molecule has 5 heteroatoms. The molecule has 0 fully saturated rings. The Balaban J connectivity index is 0.000000357. The van der Waals surface area contributed by atoms with Crippen LogP contribution in [0.3, 0.4) is 0 Å². The summed E-state index contributed by atoms with van der Waals surface area (Å²) in [5, 5.41) is 8.34. The van der Waals surface area contributed by atoms with E-state index in [1.807, 2.05) is 128 Å². The van der Waals surface area contributed by atoms with Crippen LogP contribution in [0.25, 0.3) is 44.2 Å². The van der Waals surface area contributed by atoms with Crippen molar-refractivity contribution < 1.29 is 4.42 Å². The van der Waals surface area contributed by atoms with Gasteiger partial charge in [0.05, 0.1) is 5.69 Å². The van der Waals surface area contributed by atoms with E-state index in [4.69, 9.17) is 10.2 Å². The predicted octanol–water partition coefficient (Wildman–Crippen LogP) is 17.6. The highest BCUT2D eigenvalue weighted by Gasteiger charge is 2.23. The molecule has 65 heavy (non-hydrogen) atoms. The van der Waals surface area contributed by atoms with Crippen LogP contribution in [0, 0.1) is 0 Å². The lowest BCUT2D eigenvalue weighted by atomic mass is 9.90. The second kappa shape index (κ2) is 29.7. The molecular weight excluding hydrogens is 793 g/mol. The van der Waals surface area contributed by atoms with E-state index in [1.165, 1.54) is 35.1 Å². The summed E-state index contributed by atoms with van der Waals surface area (Å²) in [6, 6.07) is 52.3. The molecule has 0 unspecified atom stereocenters. The first-order valence-electron chi connectivity index (χ1n) is 23.8. The number of unbranched alkanes of at least 4 members (excludes halogenated alkanes) is 1. The topological polar surface area (TPSA) is 66.5 Å². The largest absolute Gasteiger partial charge is 0.455 e. The molecular formula is C60H76N4O. The van der Waals surface area contributed by atoms with E-state index in [0.717, 1.165) is 87.2 Å². The third-order valence-corrected chi connectivity index (χ3v) is 10.2. The van der Waals surface area contributed by atoms with Crippen LogP contribution in [-0.4, -0.2) is 14.1 Å². The molecule has 0 amide bonds. The zero-order valence-corrected chi connectivity index (χ0v) is 41.0. The lowest BCUT2D eigenvalue weighted by molar-refractivity contribution is 0.667. The summed E-state index contributed by atoms with van der Waals surface area (Å²) in [5.41, 5.74) is 20.6. The highest BCUT2D eigenvalue weighted by Crippen LogP contribution is 2.42. The van der Waals surface area contributed by atoms with Gasteiger partial charge in [0.15, 0.2) is 0 Å². The van der Waals surface area contributed by atoms with Crippen molar-refractivity contribution in [2.45, 2.75) is 93.9 Å². The standard InChI is InChI=1S/C36H30N2O.C12H11N.C4H10.C2H7N.3C2H6/c1-24-17-18-27(31-14-8-15-33-32-13-5-6-16-35(32)39-36(31)33)23-38(29-12-7-11-28(37)22-29)34-21-26(19-20-30(24)34)25-9-3-2-4-10-25;1-3-7-11(8-4-1)13-12-9-5-2-6-10-12;1-3-4-2;1-3-2;3*1-2/h2-6,8-10,12-16,19-23H,1,7,11,17-18,37H2;1-10,13H;3-4H2,1-2H3;3H,1-2H3;3*1-2H3/b27-23+;;;;;;. The van der Waals surface area contributed by atoms with Crippen molar-refractivity contribution in [2.75, 3.05) is 24.3 Å². The Hall–Kier alpha value is -6.56. The Kier molecular flexibility index (Phi) is 24.1. The summed E-state index contributed by atoms with van der Waals surface area (Å²) in [7, 11) is 3.75. The van der Waals surface area contributed by atoms with Crippen LogP contribution in [0.1, 0.15) is 105 Å². The summed E-state index contributed by atoms with van der Waals surface area (Å²) in [5.74, 6) is 0. The van der Waals surface area contributed by atoms with Crippen molar-refractivity contribution in [3.8, 4) is 11.1 Å². The van der Waals surface area contributed by atoms with Crippen molar-refractivity contribution in [1.82, 2.24) is 5.32 Å². The molecule has 0 atom stereocenters. The van der Waals surface area contributed by atoms with Crippen molar-refractivity contribution in [2.24, 2.45) is 5.73 Å². The van der Waals surface area contributed by atoms with Gasteiger partial charge in [-0.3, -0.25) is 0 Å². The molecule has 0 spiro atoms. The van der Waals surface area contributed by atoms with Crippen LogP contribution in [0.5, 0.6) is 0 Å². The van der Waals surface area contributed by atoms with Gasteiger partial charge in [-0.15, -0.1) is 0 Å². The van der Waals surface area contributed by atoms with Crippen molar-refractivity contribution in [3.05, 3.63) is 199 Å². The van der Waals surface area contributed by atoms with Crippen molar-refractivity contribution >= 4 is 50.1 Å². The monoisotopic (exact) mass is 869 g/mol. The molecule has 1 aliphatic carbocycles. The molecule has 7 aromatic rings. The van der Waals surface area contributed by atoms with Crippen LogP contribution < -0.4 is 21.3 Å². The second-order valence-corrected chi connectivity index (χ2v) is 14.8. The van der Waals surface area contributed by atoms with Gasteiger partial charge in [-0.2, -0.15) is 0 Å². The quantitative estimate of drug-likeness (QED) is 0.155. The van der Waals surface area contributed by atoms with Gasteiger partial charge in [-0.1, -0.05) is 196 Å². The third-order valence-electron chi connectivity index (χ3n) is 10.2. The Morgan fingerprint density at radius 3 is 1.74 bits per heavy atom. The summed E-state index contributed by atoms with van der Waals surface area (Å²) < 4.78 is 6.45. The summed E-state index contributed by atoms with van der Waals surface area (Å²) in [4.78, 5) is 2.31. The fourth-order valence-corrected chi connectivity index (χ4v) is 7.05. The minimum Gasteiger partial charge on any atom is -0.455 e. The second-order valence-electron chi connectivity index (χ2n) is 14.8. The fourth-order valence-electron chi connectivity index (χ4n) is 7.05. The zero-order chi connectivity index (χ0) is 47.4. The van der Waals surface area contributed by atoms with E-state index in [9.17, 15) is 0 Å². The molecule has 6 aromatic carbocycles. The van der Waals surface area contributed by atoms with E-state index in [1.54, 1.807) is 0 Å². The predicted molar refractivity (Wildman–Crippen MR) is 290 cm³/mol. The molecule has 4 N–H and O–H groups in total. The number of nitrogens with two attached hydrogens (primary N) is 1. The van der Waals surface area contributed by atoms with E-state index in [0.29, 0.717) is 0 Å². The summed E-state index contributed by atoms with van der Waals surface area (Å²) in [6.07, 6.45) is 12.9. The first-order valence-corrected chi connectivity index (χ1v) is 23.8. The molecule has 0 bridgehead atoms. The van der Waals surface area contributed by atoms with Crippen LogP contribution in [0.4, 0.5) is 17.1 Å². The SMILES string of the molecule is C=C1CC/C(c2cccc3c2oc2ccccc23)=C\N(C2=CCCC(N)=C2)c2cc(-c3ccccc3)ccc21.CC.CC.CC.CCCC.CNC.c1ccc(Nc2ccccc2)cc1. The Labute approximate surface area is 392 Å². The van der Waals surface area contributed by atoms with Crippen molar-refractivity contribution in [1.29, 1.82) is 0 Å². The van der Waals surface area contributed by atoms with Gasteiger partial charge in [0.1, 0.15) is 11.2 Å². The van der Waals surface area contributed by atoms with Gasteiger partial charge in [0.25, 0.3) is 0 Å². The molecule has 5 nitrogen and oxygen atoms in total. The van der Waals surface area contributed by atoms with Crippen LogP contribution in [0.2, 0.25) is 0 Å². The minimum atomic E-state index is 0.859. The van der Waals surface area contributed by atoms with Gasteiger partial charge in [-0.05, 0) is 105 Å². The van der Waals surface area contributed by atoms with Crippen LogP contribution >= 0.6 is 0 Å². The summed E-state index contributed by atoms with van der Waals surface area (Å²) >= 11 is 0. The fraction of sp³-hybridized carbons (Fsp3) is 0.267. The molecule has 0 saturated carbocycles. The molecule has 1 aromatic heterocycles. The minimum absolute atomic E-state index is 0.859. The normalized spacial score (nSPS) is 13.2. The number of nitrogens with zero attached hydrogens (tertiary/aromatic N) is 1. The van der Waals surface area contributed by atoms with Crippen LogP contribution in [0.15, 0.2) is 192 Å². The molecule has 9 rings (SSSR count). The number of allylic oxidation sites excluding steroid dienone is 5. The van der Waals surface area contributed by atoms with E-state index in [2.05, 4.69) is 133 Å². The molecule has 0 radical (unpaired) electrons. The number of anilines is 3. The number of fused-ring (bicyclic) bond motifs is 4.